The molecule has 0 atom stereocenters. The van der Waals surface area contributed by atoms with Gasteiger partial charge < -0.3 is 9.47 Å². The summed E-state index contributed by atoms with van der Waals surface area (Å²) in [6.45, 7) is 0. The second kappa shape index (κ2) is 14.5. The predicted molar refractivity (Wildman–Crippen MR) is 262 cm³/mol. The zero-order valence-electron chi connectivity index (χ0n) is 33.2. The largest absolute Gasteiger partial charge is 0.309 e. The van der Waals surface area contributed by atoms with Crippen LogP contribution in [0.25, 0.3) is 91.8 Å². The molecule has 0 amide bonds. The Morgan fingerprint density at radius 1 is 0.344 bits per heavy atom. The minimum Gasteiger partial charge on any atom is -0.309 e. The summed E-state index contributed by atoms with van der Waals surface area (Å²) in [5.41, 5.74) is 13.9. The first kappa shape index (κ1) is 35.2. The SMILES string of the molecule is c1ccc(-c2ccc(-c3ccccc3)c(N(c3ccc4c5ccccc5n(-c5ccccc5-c5cccc6c5sc5ccccc56)c4c3)c3cccc4ccccc34)c2)cc1. The van der Waals surface area contributed by atoms with Crippen molar-refractivity contribution in [3.05, 3.63) is 231 Å². The molecule has 0 saturated heterocycles. The summed E-state index contributed by atoms with van der Waals surface area (Å²) in [4.78, 5) is 2.49. The van der Waals surface area contributed by atoms with Crippen molar-refractivity contribution in [3.63, 3.8) is 0 Å². The summed E-state index contributed by atoms with van der Waals surface area (Å²) in [6.07, 6.45) is 0. The van der Waals surface area contributed by atoms with Crippen LogP contribution in [-0.2, 0) is 0 Å². The highest BCUT2D eigenvalue weighted by atomic mass is 32.1. The molecule has 12 aromatic rings. The van der Waals surface area contributed by atoms with E-state index in [1.165, 1.54) is 75.1 Å². The molecule has 10 aromatic carbocycles. The number of rotatable bonds is 7. The Bertz CT molecular complexity index is 3590. The number of anilines is 3. The number of thiophene rings is 1. The van der Waals surface area contributed by atoms with Gasteiger partial charge in [0.15, 0.2) is 0 Å². The minimum absolute atomic E-state index is 1.08. The van der Waals surface area contributed by atoms with Crippen LogP contribution in [-0.4, -0.2) is 4.57 Å². The Morgan fingerprint density at radius 3 is 1.85 bits per heavy atom. The van der Waals surface area contributed by atoms with Gasteiger partial charge in [0.2, 0.25) is 0 Å². The highest BCUT2D eigenvalue weighted by Gasteiger charge is 2.23. The molecule has 0 aliphatic rings. The summed E-state index contributed by atoms with van der Waals surface area (Å²) in [6, 6.07) is 84.3. The molecule has 0 N–H and O–H groups in total. The zero-order valence-corrected chi connectivity index (χ0v) is 34.1. The van der Waals surface area contributed by atoms with E-state index in [1.54, 1.807) is 0 Å². The van der Waals surface area contributed by atoms with E-state index in [4.69, 9.17) is 0 Å². The minimum atomic E-state index is 1.08. The van der Waals surface area contributed by atoms with Gasteiger partial charge >= 0.3 is 0 Å². The van der Waals surface area contributed by atoms with Crippen molar-refractivity contribution in [1.29, 1.82) is 0 Å². The van der Waals surface area contributed by atoms with Crippen molar-refractivity contribution < 1.29 is 0 Å². The quantitative estimate of drug-likeness (QED) is 0.156. The number of aromatic nitrogens is 1. The Hall–Kier alpha value is -7.72. The van der Waals surface area contributed by atoms with Gasteiger partial charge in [-0.15, -0.1) is 11.3 Å². The second-order valence-electron chi connectivity index (χ2n) is 15.6. The van der Waals surface area contributed by atoms with Crippen molar-refractivity contribution in [3.8, 4) is 39.1 Å². The molecule has 61 heavy (non-hydrogen) atoms. The fourth-order valence-corrected chi connectivity index (χ4v) is 10.6. The van der Waals surface area contributed by atoms with E-state index in [0.29, 0.717) is 0 Å². The van der Waals surface area contributed by atoms with Gasteiger partial charge in [0, 0.05) is 58.7 Å². The van der Waals surface area contributed by atoms with Crippen LogP contribution in [0.4, 0.5) is 17.1 Å². The number of hydrogen-bond acceptors (Lipinski definition) is 2. The topological polar surface area (TPSA) is 8.17 Å². The molecule has 12 rings (SSSR count). The van der Waals surface area contributed by atoms with Crippen LogP contribution in [0.3, 0.4) is 0 Å². The standard InChI is InChI=1S/C58H38N2S/c1-3-17-39(18-4-1)42-33-35-45(40-19-5-2-6-20-40)55(37-42)59(52-31-15-22-41-21-7-8-23-44(41)52)43-34-36-48-46-24-9-12-29-53(46)60(56(48)38-43)54-30-13-10-25-47(54)50-27-16-28-51-49-26-11-14-32-57(49)61-58(50)51/h1-38H. The third-order valence-corrected chi connectivity index (χ3v) is 13.4. The number of para-hydroxylation sites is 2. The molecule has 0 saturated carbocycles. The van der Waals surface area contributed by atoms with Crippen molar-refractivity contribution in [1.82, 2.24) is 4.57 Å². The number of hydrogen-bond donors (Lipinski definition) is 0. The van der Waals surface area contributed by atoms with Crippen molar-refractivity contribution in [2.75, 3.05) is 4.90 Å². The van der Waals surface area contributed by atoms with Crippen molar-refractivity contribution >= 4 is 81.1 Å². The van der Waals surface area contributed by atoms with Crippen molar-refractivity contribution in [2.45, 2.75) is 0 Å². The molecule has 0 fully saturated rings. The van der Waals surface area contributed by atoms with Crippen LogP contribution in [0.5, 0.6) is 0 Å². The van der Waals surface area contributed by atoms with Gasteiger partial charge in [-0.3, -0.25) is 0 Å². The van der Waals surface area contributed by atoms with E-state index in [2.05, 4.69) is 240 Å². The molecule has 0 aliphatic carbocycles. The summed E-state index contributed by atoms with van der Waals surface area (Å²) in [7, 11) is 0. The Kier molecular flexibility index (Phi) is 8.39. The third-order valence-electron chi connectivity index (χ3n) is 12.2. The normalized spacial score (nSPS) is 11.6. The molecule has 2 nitrogen and oxygen atoms in total. The first-order valence-corrected chi connectivity index (χ1v) is 21.7. The lowest BCUT2D eigenvalue weighted by molar-refractivity contribution is 1.18. The van der Waals surface area contributed by atoms with Crippen LogP contribution in [0, 0.1) is 0 Å². The summed E-state index contributed by atoms with van der Waals surface area (Å²) < 4.78 is 5.12. The molecular weight excluding hydrogens is 757 g/mol. The maximum Gasteiger partial charge on any atom is 0.0562 e. The smallest absolute Gasteiger partial charge is 0.0562 e. The molecule has 2 aromatic heterocycles. The predicted octanol–water partition coefficient (Wildman–Crippen LogP) is 16.8. The van der Waals surface area contributed by atoms with Gasteiger partial charge in [0.25, 0.3) is 0 Å². The van der Waals surface area contributed by atoms with E-state index in [-0.39, 0.29) is 0 Å². The molecule has 0 radical (unpaired) electrons. The van der Waals surface area contributed by atoms with Gasteiger partial charge in [0.05, 0.1) is 28.1 Å². The summed E-state index contributed by atoms with van der Waals surface area (Å²) >= 11 is 1.88. The lowest BCUT2D eigenvalue weighted by atomic mass is 9.96. The fraction of sp³-hybridized carbons (Fsp3) is 0. The maximum atomic E-state index is 2.50. The zero-order chi connectivity index (χ0) is 40.3. The molecule has 0 unspecified atom stereocenters. The van der Waals surface area contributed by atoms with E-state index in [1.807, 2.05) is 11.3 Å². The van der Waals surface area contributed by atoms with Gasteiger partial charge in [-0.1, -0.05) is 188 Å². The molecule has 0 spiro atoms. The number of benzene rings is 10. The summed E-state index contributed by atoms with van der Waals surface area (Å²) in [5, 5.41) is 7.44. The van der Waals surface area contributed by atoms with Gasteiger partial charge in [-0.2, -0.15) is 0 Å². The molecular formula is C58H38N2S. The van der Waals surface area contributed by atoms with Crippen LogP contribution in [0.1, 0.15) is 0 Å². The summed E-state index contributed by atoms with van der Waals surface area (Å²) in [5.74, 6) is 0. The van der Waals surface area contributed by atoms with E-state index in [0.717, 1.165) is 33.8 Å². The van der Waals surface area contributed by atoms with Gasteiger partial charge in [-0.05, 0) is 64.5 Å². The second-order valence-corrected chi connectivity index (χ2v) is 16.7. The lowest BCUT2D eigenvalue weighted by Gasteiger charge is -2.30. The molecule has 2 heterocycles. The lowest BCUT2D eigenvalue weighted by Crippen LogP contribution is -2.12. The van der Waals surface area contributed by atoms with Crippen LogP contribution < -0.4 is 4.90 Å². The van der Waals surface area contributed by atoms with Gasteiger partial charge in [0.1, 0.15) is 0 Å². The highest BCUT2D eigenvalue weighted by molar-refractivity contribution is 7.26. The Labute approximate surface area is 358 Å². The Morgan fingerprint density at radius 2 is 0.984 bits per heavy atom. The molecule has 286 valence electrons. The van der Waals surface area contributed by atoms with Crippen LogP contribution in [0.15, 0.2) is 231 Å². The third kappa shape index (κ3) is 5.85. The van der Waals surface area contributed by atoms with E-state index in [9.17, 15) is 0 Å². The van der Waals surface area contributed by atoms with E-state index >= 15 is 0 Å². The van der Waals surface area contributed by atoms with Crippen LogP contribution in [0.2, 0.25) is 0 Å². The maximum absolute atomic E-state index is 2.50. The molecule has 3 heteroatoms. The average Bonchev–Trinajstić information content (AvgIpc) is 3.88. The first-order valence-electron chi connectivity index (χ1n) is 20.8. The van der Waals surface area contributed by atoms with Gasteiger partial charge in [-0.25, -0.2) is 0 Å². The van der Waals surface area contributed by atoms with Crippen LogP contribution >= 0.6 is 11.3 Å². The monoisotopic (exact) mass is 794 g/mol. The molecule has 0 aliphatic heterocycles. The molecule has 0 bridgehead atoms. The van der Waals surface area contributed by atoms with E-state index < -0.39 is 0 Å². The number of nitrogens with zero attached hydrogens (tertiary/aromatic N) is 2. The number of fused-ring (bicyclic) bond motifs is 7. The fourth-order valence-electron chi connectivity index (χ4n) is 9.41. The average molecular weight is 795 g/mol. The highest BCUT2D eigenvalue weighted by Crippen LogP contribution is 2.48. The van der Waals surface area contributed by atoms with Crippen molar-refractivity contribution in [2.24, 2.45) is 0 Å². The Balaban J connectivity index is 1.15. The first-order chi connectivity index (χ1) is 30.3.